The fourth-order valence-corrected chi connectivity index (χ4v) is 2.70. The summed E-state index contributed by atoms with van der Waals surface area (Å²) in [5, 5.41) is 0. The number of nitrogens with two attached hydrogens (primary N) is 1. The zero-order valence-corrected chi connectivity index (χ0v) is 11.3. The molecule has 2 aromatic heterocycles. The maximum Gasteiger partial charge on any atom is 0.183 e. The minimum absolute atomic E-state index is 0.320. The maximum atomic E-state index is 5.91. The van der Waals surface area contributed by atoms with Crippen molar-refractivity contribution in [2.75, 3.05) is 5.73 Å². The number of nitrogens with one attached hydrogen (secondary N) is 1. The van der Waals surface area contributed by atoms with Crippen molar-refractivity contribution in [2.24, 2.45) is 4.99 Å². The summed E-state index contributed by atoms with van der Waals surface area (Å²) in [7, 11) is 0. The molecule has 0 bridgehead atoms. The van der Waals surface area contributed by atoms with Gasteiger partial charge in [0.1, 0.15) is 11.3 Å². The summed E-state index contributed by atoms with van der Waals surface area (Å²) in [5.74, 6) is 1.50. The molecular weight excluding hydrogens is 264 g/mol. The van der Waals surface area contributed by atoms with E-state index >= 15 is 0 Å². The molecule has 6 heteroatoms. The molecule has 1 aromatic carbocycles. The Bertz CT molecular complexity index is 835. The Hall–Kier alpha value is -2.76. The lowest BCUT2D eigenvalue weighted by molar-refractivity contribution is 0.750. The van der Waals surface area contributed by atoms with Crippen molar-refractivity contribution >= 4 is 28.9 Å². The maximum absolute atomic E-state index is 5.91. The summed E-state index contributed by atoms with van der Waals surface area (Å²) in [6.45, 7) is 0. The molecule has 0 radical (unpaired) electrons. The van der Waals surface area contributed by atoms with Gasteiger partial charge in [0.15, 0.2) is 11.5 Å². The van der Waals surface area contributed by atoms with Gasteiger partial charge in [-0.05, 0) is 18.1 Å². The van der Waals surface area contributed by atoms with Crippen molar-refractivity contribution in [1.29, 1.82) is 0 Å². The standard InChI is InChI=1S/C15H14N6/c16-14-13-15(19-8-18-13)21-12(20-14)6-5-9-7-17-11-4-2-1-3-10(9)11/h1-4,7-9H,5-6H2,(H3,16,18,19,20,21). The number of fused-ring (bicyclic) bond motifs is 2. The van der Waals surface area contributed by atoms with Gasteiger partial charge in [0.2, 0.25) is 0 Å². The van der Waals surface area contributed by atoms with Crippen LogP contribution >= 0.6 is 0 Å². The molecule has 4 rings (SSSR count). The quantitative estimate of drug-likeness (QED) is 0.769. The van der Waals surface area contributed by atoms with Crippen LogP contribution in [-0.2, 0) is 6.42 Å². The van der Waals surface area contributed by atoms with Crippen LogP contribution in [-0.4, -0.2) is 26.2 Å². The summed E-state index contributed by atoms with van der Waals surface area (Å²) >= 11 is 0. The summed E-state index contributed by atoms with van der Waals surface area (Å²) in [6.07, 6.45) is 5.24. The molecule has 0 fully saturated rings. The SMILES string of the molecule is Nc1nc(CCC2C=Nc3ccccc32)nc2nc[nH]c12. The Labute approximate surface area is 121 Å². The van der Waals surface area contributed by atoms with E-state index in [1.165, 1.54) is 5.56 Å². The monoisotopic (exact) mass is 278 g/mol. The van der Waals surface area contributed by atoms with Gasteiger partial charge in [-0.15, -0.1) is 0 Å². The number of aryl methyl sites for hydroxylation is 1. The first-order valence-electron chi connectivity index (χ1n) is 6.90. The van der Waals surface area contributed by atoms with E-state index in [1.807, 2.05) is 24.4 Å². The number of nitrogens with zero attached hydrogens (tertiary/aromatic N) is 4. The molecular formula is C15H14N6. The number of nitrogen functional groups attached to an aromatic ring is 1. The lowest BCUT2D eigenvalue weighted by atomic mass is 9.96. The number of benzene rings is 1. The van der Waals surface area contributed by atoms with E-state index in [2.05, 4.69) is 31.0 Å². The van der Waals surface area contributed by atoms with E-state index in [1.54, 1.807) is 6.33 Å². The number of aliphatic imine (C=N–C) groups is 1. The van der Waals surface area contributed by atoms with Crippen LogP contribution in [0.1, 0.15) is 23.7 Å². The van der Waals surface area contributed by atoms with Crippen LogP contribution in [0.4, 0.5) is 11.5 Å². The Morgan fingerprint density at radius 2 is 2.10 bits per heavy atom. The number of para-hydroxylation sites is 1. The fourth-order valence-electron chi connectivity index (χ4n) is 2.70. The summed E-state index contributed by atoms with van der Waals surface area (Å²) < 4.78 is 0. The average molecular weight is 278 g/mol. The van der Waals surface area contributed by atoms with Crippen molar-refractivity contribution in [1.82, 2.24) is 19.9 Å². The third kappa shape index (κ3) is 2.05. The van der Waals surface area contributed by atoms with Crippen LogP contribution in [0.2, 0.25) is 0 Å². The van der Waals surface area contributed by atoms with Crippen LogP contribution < -0.4 is 5.73 Å². The van der Waals surface area contributed by atoms with Gasteiger partial charge >= 0.3 is 0 Å². The number of aromatic amines is 1. The van der Waals surface area contributed by atoms with Gasteiger partial charge in [0, 0.05) is 18.6 Å². The number of hydrogen-bond donors (Lipinski definition) is 2. The number of H-pyrrole nitrogens is 1. The molecule has 6 nitrogen and oxygen atoms in total. The van der Waals surface area contributed by atoms with Crippen LogP contribution in [0.5, 0.6) is 0 Å². The highest BCUT2D eigenvalue weighted by atomic mass is 15.0. The third-order valence-corrected chi connectivity index (χ3v) is 3.77. The summed E-state index contributed by atoms with van der Waals surface area (Å²) in [4.78, 5) is 20.3. The molecule has 1 unspecified atom stereocenters. The van der Waals surface area contributed by atoms with Gasteiger partial charge < -0.3 is 10.7 Å². The van der Waals surface area contributed by atoms with Gasteiger partial charge in [-0.25, -0.2) is 15.0 Å². The van der Waals surface area contributed by atoms with Crippen molar-refractivity contribution in [3.05, 3.63) is 42.0 Å². The molecule has 0 amide bonds. The zero-order chi connectivity index (χ0) is 14.2. The lowest BCUT2D eigenvalue weighted by Crippen LogP contribution is -2.04. The van der Waals surface area contributed by atoms with Crippen LogP contribution in [0.15, 0.2) is 35.6 Å². The Kier molecular flexibility index (Phi) is 2.67. The van der Waals surface area contributed by atoms with Crippen LogP contribution in [0.25, 0.3) is 11.2 Å². The predicted octanol–water partition coefficient (Wildman–Crippen LogP) is 2.37. The minimum Gasteiger partial charge on any atom is -0.382 e. The first kappa shape index (κ1) is 12.0. The Morgan fingerprint density at radius 3 is 3.05 bits per heavy atom. The first-order valence-corrected chi connectivity index (χ1v) is 6.90. The predicted molar refractivity (Wildman–Crippen MR) is 81.8 cm³/mol. The molecule has 0 saturated heterocycles. The van der Waals surface area contributed by atoms with E-state index in [0.29, 0.717) is 22.9 Å². The highest BCUT2D eigenvalue weighted by Gasteiger charge is 2.18. The van der Waals surface area contributed by atoms with E-state index in [0.717, 1.165) is 24.4 Å². The molecule has 3 N–H and O–H groups in total. The lowest BCUT2D eigenvalue weighted by Gasteiger charge is -2.08. The van der Waals surface area contributed by atoms with Crippen molar-refractivity contribution in [3.8, 4) is 0 Å². The second-order valence-corrected chi connectivity index (χ2v) is 5.11. The minimum atomic E-state index is 0.320. The number of anilines is 1. The van der Waals surface area contributed by atoms with Gasteiger partial charge in [0.05, 0.1) is 12.0 Å². The van der Waals surface area contributed by atoms with E-state index in [-0.39, 0.29) is 0 Å². The van der Waals surface area contributed by atoms with Gasteiger partial charge in [0.25, 0.3) is 0 Å². The van der Waals surface area contributed by atoms with Gasteiger partial charge in [-0.1, -0.05) is 18.2 Å². The normalized spacial score (nSPS) is 16.5. The largest absolute Gasteiger partial charge is 0.382 e. The van der Waals surface area contributed by atoms with Crippen LogP contribution in [0, 0.1) is 0 Å². The topological polar surface area (TPSA) is 92.8 Å². The summed E-state index contributed by atoms with van der Waals surface area (Å²) in [6, 6.07) is 8.22. The Balaban J connectivity index is 1.55. The zero-order valence-electron chi connectivity index (χ0n) is 11.3. The molecule has 1 aliphatic rings. The Morgan fingerprint density at radius 1 is 1.19 bits per heavy atom. The highest BCUT2D eigenvalue weighted by Crippen LogP contribution is 2.34. The smallest absolute Gasteiger partial charge is 0.183 e. The molecule has 0 aliphatic carbocycles. The molecule has 1 aliphatic heterocycles. The highest BCUT2D eigenvalue weighted by molar-refractivity contribution is 5.81. The molecule has 1 atom stereocenters. The molecule has 3 aromatic rings. The number of imidazole rings is 1. The molecule has 3 heterocycles. The third-order valence-electron chi connectivity index (χ3n) is 3.77. The number of aromatic nitrogens is 4. The number of hydrogen-bond acceptors (Lipinski definition) is 5. The van der Waals surface area contributed by atoms with Gasteiger partial charge in [-0.3, -0.25) is 4.99 Å². The summed E-state index contributed by atoms with van der Waals surface area (Å²) in [5.41, 5.74) is 9.57. The molecule has 21 heavy (non-hydrogen) atoms. The second-order valence-electron chi connectivity index (χ2n) is 5.11. The molecule has 104 valence electrons. The second kappa shape index (κ2) is 4.66. The van der Waals surface area contributed by atoms with Crippen molar-refractivity contribution < 1.29 is 0 Å². The van der Waals surface area contributed by atoms with E-state index < -0.39 is 0 Å². The van der Waals surface area contributed by atoms with Crippen molar-refractivity contribution in [2.45, 2.75) is 18.8 Å². The fraction of sp³-hybridized carbons (Fsp3) is 0.200. The van der Waals surface area contributed by atoms with E-state index in [9.17, 15) is 0 Å². The average Bonchev–Trinajstić information content (AvgIpc) is 3.12. The number of rotatable bonds is 3. The molecule has 0 spiro atoms. The van der Waals surface area contributed by atoms with Crippen molar-refractivity contribution in [3.63, 3.8) is 0 Å². The van der Waals surface area contributed by atoms with E-state index in [4.69, 9.17) is 5.73 Å². The molecule has 0 saturated carbocycles. The first-order chi connectivity index (χ1) is 10.3. The van der Waals surface area contributed by atoms with Crippen LogP contribution in [0.3, 0.4) is 0 Å². The van der Waals surface area contributed by atoms with Gasteiger partial charge in [-0.2, -0.15) is 0 Å².